The van der Waals surface area contributed by atoms with Crippen molar-refractivity contribution in [2.24, 2.45) is 5.92 Å². The number of rotatable bonds is 7. The van der Waals surface area contributed by atoms with Crippen molar-refractivity contribution in [1.82, 2.24) is 9.55 Å². The molecule has 12 heteroatoms. The number of carbonyl (C=O) groups excluding carboxylic acids is 4. The predicted molar refractivity (Wildman–Crippen MR) is 169 cm³/mol. The number of nitrogens with zero attached hydrogens (tertiary/aromatic N) is 3. The smallest absolute Gasteiger partial charge is 0.337 e. The predicted octanol–water partition coefficient (Wildman–Crippen LogP) is 3.94. The molecule has 0 saturated carbocycles. The Kier molecular flexibility index (Phi) is 8.34. The standard InChI is InChI=1S/C34H31N5O7/c1-45-33(43)23-13-24(34(44)46-2)15-26(14-23)36-32(42)22-6-7-29(27(16-22)37-31(41)21-8-10-35-11-9-21)38-17-20-12-25(19-38)28-4-3-5-30(40)39(28)18-20/h3-11,13-16,20,25H,12,17-19H2,1-2H3,(H,36,42)(H,37,41)/t20-,25+/m1/s1. The number of pyridine rings is 2. The molecule has 1 saturated heterocycles. The van der Waals surface area contributed by atoms with E-state index in [-0.39, 0.29) is 45.7 Å². The second kappa shape index (κ2) is 12.7. The molecule has 1 fully saturated rings. The van der Waals surface area contributed by atoms with Crippen molar-refractivity contribution in [1.29, 1.82) is 0 Å². The van der Waals surface area contributed by atoms with Gasteiger partial charge in [0, 0.05) is 66.5 Å². The molecule has 46 heavy (non-hydrogen) atoms. The first-order valence-corrected chi connectivity index (χ1v) is 14.7. The van der Waals surface area contributed by atoms with Gasteiger partial charge < -0.3 is 29.6 Å². The second-order valence-corrected chi connectivity index (χ2v) is 11.3. The van der Waals surface area contributed by atoms with Crippen LogP contribution in [-0.4, -0.2) is 60.6 Å². The zero-order chi connectivity index (χ0) is 32.4. The number of ether oxygens (including phenoxy) is 2. The molecular weight excluding hydrogens is 590 g/mol. The van der Waals surface area contributed by atoms with Crippen LogP contribution in [0.4, 0.5) is 17.1 Å². The van der Waals surface area contributed by atoms with Gasteiger partial charge in [0.15, 0.2) is 0 Å². The number of esters is 2. The lowest BCUT2D eigenvalue weighted by atomic mass is 9.83. The molecule has 12 nitrogen and oxygen atoms in total. The van der Waals surface area contributed by atoms with Crippen LogP contribution < -0.4 is 21.1 Å². The third-order valence-corrected chi connectivity index (χ3v) is 8.30. The first-order chi connectivity index (χ1) is 22.2. The Labute approximate surface area is 264 Å². The van der Waals surface area contributed by atoms with E-state index in [4.69, 9.17) is 9.47 Å². The maximum atomic E-state index is 13.5. The van der Waals surface area contributed by atoms with Crippen molar-refractivity contribution < 1.29 is 28.7 Å². The summed E-state index contributed by atoms with van der Waals surface area (Å²) in [6.07, 6.45) is 4.00. The van der Waals surface area contributed by atoms with E-state index in [2.05, 4.69) is 20.5 Å². The molecule has 2 aromatic heterocycles. The molecule has 0 spiro atoms. The second-order valence-electron chi connectivity index (χ2n) is 11.3. The van der Waals surface area contributed by atoms with Gasteiger partial charge >= 0.3 is 11.9 Å². The van der Waals surface area contributed by atoms with E-state index in [0.29, 0.717) is 30.9 Å². The molecule has 2 aliphatic heterocycles. The Morgan fingerprint density at radius 2 is 1.46 bits per heavy atom. The molecule has 4 aromatic rings. The number of aromatic nitrogens is 2. The third kappa shape index (κ3) is 6.09. The zero-order valence-electron chi connectivity index (χ0n) is 25.2. The van der Waals surface area contributed by atoms with Crippen LogP contribution in [0.2, 0.25) is 0 Å². The Hall–Kier alpha value is -5.78. The number of nitrogens with one attached hydrogen (secondary N) is 2. The molecular formula is C34H31N5O7. The summed E-state index contributed by atoms with van der Waals surface area (Å²) in [5.74, 6) is -1.93. The molecule has 2 bridgehead atoms. The first-order valence-electron chi connectivity index (χ1n) is 14.7. The van der Waals surface area contributed by atoms with Crippen LogP contribution in [0, 0.1) is 5.92 Å². The van der Waals surface area contributed by atoms with E-state index in [1.54, 1.807) is 42.5 Å². The van der Waals surface area contributed by atoms with Crippen molar-refractivity contribution in [3.05, 3.63) is 117 Å². The summed E-state index contributed by atoms with van der Waals surface area (Å²) >= 11 is 0. The average molecular weight is 622 g/mol. The summed E-state index contributed by atoms with van der Waals surface area (Å²) in [6.45, 7) is 1.90. The van der Waals surface area contributed by atoms with Gasteiger partial charge in [-0.25, -0.2) is 9.59 Å². The van der Waals surface area contributed by atoms with E-state index in [9.17, 15) is 24.0 Å². The van der Waals surface area contributed by atoms with Gasteiger partial charge in [0.1, 0.15) is 0 Å². The van der Waals surface area contributed by atoms with Crippen molar-refractivity contribution in [2.45, 2.75) is 18.9 Å². The topological polar surface area (TPSA) is 149 Å². The van der Waals surface area contributed by atoms with Gasteiger partial charge in [-0.15, -0.1) is 0 Å². The van der Waals surface area contributed by atoms with Gasteiger partial charge in [0.25, 0.3) is 17.4 Å². The van der Waals surface area contributed by atoms with Gasteiger partial charge in [-0.1, -0.05) is 6.07 Å². The maximum absolute atomic E-state index is 13.5. The van der Waals surface area contributed by atoms with Crippen LogP contribution in [0.15, 0.2) is 83.9 Å². The van der Waals surface area contributed by atoms with E-state index in [1.807, 2.05) is 10.6 Å². The van der Waals surface area contributed by atoms with Crippen molar-refractivity contribution in [3.8, 4) is 0 Å². The van der Waals surface area contributed by atoms with Crippen LogP contribution in [-0.2, 0) is 16.0 Å². The molecule has 4 heterocycles. The molecule has 2 aromatic carbocycles. The molecule has 2 amide bonds. The largest absolute Gasteiger partial charge is 0.465 e. The highest BCUT2D eigenvalue weighted by Crippen LogP contribution is 2.39. The number of fused-ring (bicyclic) bond motifs is 4. The molecule has 0 radical (unpaired) electrons. The van der Waals surface area contributed by atoms with Crippen LogP contribution in [0.5, 0.6) is 0 Å². The maximum Gasteiger partial charge on any atom is 0.337 e. The quantitative estimate of drug-likeness (QED) is 0.293. The minimum atomic E-state index is -0.689. The van der Waals surface area contributed by atoms with Gasteiger partial charge in [-0.3, -0.25) is 19.4 Å². The van der Waals surface area contributed by atoms with Crippen molar-refractivity contribution >= 4 is 40.8 Å². The Morgan fingerprint density at radius 1 is 0.761 bits per heavy atom. The van der Waals surface area contributed by atoms with Gasteiger partial charge in [-0.05, 0) is 66.9 Å². The number of benzene rings is 2. The zero-order valence-corrected chi connectivity index (χ0v) is 25.2. The minimum Gasteiger partial charge on any atom is -0.465 e. The summed E-state index contributed by atoms with van der Waals surface area (Å²) in [5.41, 5.74) is 3.07. The highest BCUT2D eigenvalue weighted by Gasteiger charge is 2.35. The SMILES string of the molecule is COC(=O)c1cc(NC(=O)c2ccc(N3C[C@H]4C[C@@H](C3)c3cccc(=O)n3C4)c(NC(=O)c3ccncc3)c2)cc(C(=O)OC)c1. The lowest BCUT2D eigenvalue weighted by Crippen LogP contribution is -2.47. The van der Waals surface area contributed by atoms with Crippen LogP contribution in [0.25, 0.3) is 0 Å². The summed E-state index contributed by atoms with van der Waals surface area (Å²) in [7, 11) is 2.42. The van der Waals surface area contributed by atoms with Gasteiger partial charge in [-0.2, -0.15) is 0 Å². The lowest BCUT2D eigenvalue weighted by molar-refractivity contribution is 0.0598. The molecule has 0 unspecified atom stereocenters. The Balaban J connectivity index is 1.33. The fourth-order valence-electron chi connectivity index (χ4n) is 6.22. The van der Waals surface area contributed by atoms with Gasteiger partial charge in [0.05, 0.1) is 36.7 Å². The normalized spacial score (nSPS) is 16.5. The Bertz CT molecular complexity index is 1870. The number of piperidine rings is 1. The number of carbonyl (C=O) groups is 4. The number of hydrogen-bond acceptors (Lipinski definition) is 9. The number of methoxy groups -OCH3 is 2. The highest BCUT2D eigenvalue weighted by atomic mass is 16.5. The van der Waals surface area contributed by atoms with E-state index < -0.39 is 17.8 Å². The number of hydrogen-bond donors (Lipinski definition) is 2. The van der Waals surface area contributed by atoms with Crippen molar-refractivity contribution in [3.63, 3.8) is 0 Å². The third-order valence-electron chi connectivity index (χ3n) is 8.30. The van der Waals surface area contributed by atoms with E-state index >= 15 is 0 Å². The summed E-state index contributed by atoms with van der Waals surface area (Å²) in [5, 5.41) is 5.71. The Morgan fingerprint density at radius 3 is 2.15 bits per heavy atom. The van der Waals surface area contributed by atoms with Crippen LogP contribution >= 0.6 is 0 Å². The molecule has 2 atom stereocenters. The van der Waals surface area contributed by atoms with Gasteiger partial charge in [0.2, 0.25) is 0 Å². The van der Waals surface area contributed by atoms with Crippen LogP contribution in [0.3, 0.4) is 0 Å². The minimum absolute atomic E-state index is 0.00264. The summed E-state index contributed by atoms with van der Waals surface area (Å²) < 4.78 is 11.4. The number of amides is 2. The molecule has 234 valence electrons. The molecule has 6 rings (SSSR count). The highest BCUT2D eigenvalue weighted by molar-refractivity contribution is 6.09. The monoisotopic (exact) mass is 621 g/mol. The lowest BCUT2D eigenvalue weighted by Gasteiger charge is -2.44. The summed E-state index contributed by atoms with van der Waals surface area (Å²) in [6, 6.07) is 17.7. The first kappa shape index (κ1) is 30.3. The number of anilines is 3. The fraction of sp³-hybridized carbons (Fsp3) is 0.235. The average Bonchev–Trinajstić information content (AvgIpc) is 3.08. The molecule has 2 N–H and O–H groups in total. The van der Waals surface area contributed by atoms with Crippen LogP contribution in [0.1, 0.15) is 59.5 Å². The molecule has 2 aliphatic rings. The molecule has 0 aliphatic carbocycles. The van der Waals surface area contributed by atoms with E-state index in [1.165, 1.54) is 44.8 Å². The van der Waals surface area contributed by atoms with Crippen molar-refractivity contribution in [2.75, 3.05) is 42.8 Å². The van der Waals surface area contributed by atoms with E-state index in [0.717, 1.165) is 17.8 Å². The summed E-state index contributed by atoms with van der Waals surface area (Å²) in [4.78, 5) is 70.0. The fourth-order valence-corrected chi connectivity index (χ4v) is 6.22.